The van der Waals surface area contributed by atoms with Crippen molar-refractivity contribution in [1.29, 1.82) is 0 Å². The van der Waals surface area contributed by atoms with E-state index in [4.69, 9.17) is 98.3 Å². The largest absolute Gasteiger partial charge is 0.490 e. The SMILES string of the molecule is Nc1ncnc2c1nc(Br)n2[C@@H]1O[C@H](COP(=O)(O)O[C@@H]2[C@H](O)[C@@H](COP(=O)(O)O[C@@H]3[C@H](O)[C@@H](COP(=O)(O)O[C@@H]4[C@H](O)[C@@H](COP(=O)(O)O[C@@H]5[C@H](O)[C@@H](COP(=O)(O)OP(=O)(O)OP(=O)(O)O)O[C@H]5n5c(Br)nc6c(N)ncnc65)O[C@H]4n4c(Br)nc5c(N)ncnc54)O[C@H]3n3c(Br)nc4c(N)ncnc43)O[C@H]2n2c(Br)nc3c(N)ncnc32)[C@@H](O)[C@H]1O. The molecule has 62 nitrogen and oxygen atoms in total. The Bertz CT molecular complexity index is 6160. The van der Waals surface area contributed by atoms with Gasteiger partial charge in [-0.3, -0.25) is 63.5 Å². The zero-order chi connectivity index (χ0) is 89.5. The molecule has 74 heteroatoms. The van der Waals surface area contributed by atoms with E-state index in [-0.39, 0.29) is 109 Å². The quantitative estimate of drug-likeness (QED) is 0.0176. The van der Waals surface area contributed by atoms with Gasteiger partial charge in [-0.25, -0.2) is 107 Å². The number of phosphoric ester groups is 5. The third-order valence-electron chi connectivity index (χ3n) is 18.6. The van der Waals surface area contributed by atoms with Crippen molar-refractivity contribution in [3.63, 3.8) is 0 Å². The Morgan fingerprint density at radius 1 is 0.298 bits per heavy atom. The Labute approximate surface area is 726 Å². The maximum absolute atomic E-state index is 14.6. The molecule has 0 aliphatic carbocycles. The number of aliphatic hydroxyl groups excluding tert-OH is 6. The third kappa shape index (κ3) is 19.0. The molecule has 0 spiro atoms. The van der Waals surface area contributed by atoms with Crippen LogP contribution >= 0.6 is 134 Å². The fourth-order valence-corrected chi connectivity index (χ4v) is 22.8. The maximum Gasteiger partial charge on any atom is 0.490 e. The van der Waals surface area contributed by atoms with Gasteiger partial charge in [-0.05, 0) is 79.6 Å². The number of aromatic nitrogens is 20. The first-order valence-corrected chi connectivity index (χ1v) is 48.5. The van der Waals surface area contributed by atoms with Crippen molar-refractivity contribution in [3.8, 4) is 0 Å². The molecule has 15 rings (SSSR count). The second-order valence-electron chi connectivity index (χ2n) is 26.4. The van der Waals surface area contributed by atoms with Gasteiger partial charge in [-0.15, -0.1) is 0 Å². The van der Waals surface area contributed by atoms with Crippen LogP contribution in [0.3, 0.4) is 0 Å². The molecule has 6 unspecified atom stereocenters. The van der Waals surface area contributed by atoms with Crippen LogP contribution in [-0.4, -0.2) is 292 Å². The Kier molecular flexibility index (Phi) is 26.6. The van der Waals surface area contributed by atoms with Crippen LogP contribution in [-0.2, 0) is 105 Å². The molecule has 24 N–H and O–H groups in total. The normalized spacial score (nSPS) is 30.5. The molecule has 0 saturated carbocycles. The van der Waals surface area contributed by atoms with Crippen molar-refractivity contribution in [3.05, 3.63) is 55.3 Å². The van der Waals surface area contributed by atoms with Crippen LogP contribution in [0.5, 0.6) is 0 Å². The van der Waals surface area contributed by atoms with Crippen LogP contribution < -0.4 is 28.7 Å². The third-order valence-corrected chi connectivity index (χ3v) is 29.2. The van der Waals surface area contributed by atoms with Crippen molar-refractivity contribution >= 4 is 219 Å². The highest BCUT2D eigenvalue weighted by atomic mass is 79.9. The van der Waals surface area contributed by atoms with Crippen LogP contribution in [0.4, 0.5) is 29.1 Å². The summed E-state index contributed by atoms with van der Waals surface area (Å²) >= 11 is 16.1. The minimum absolute atomic E-state index is 0.0136. The zero-order valence-electron chi connectivity index (χ0n) is 60.5. The number of nitrogen functional groups attached to an aromatic ring is 5. The van der Waals surface area contributed by atoms with Gasteiger partial charge >= 0.3 is 54.8 Å². The lowest BCUT2D eigenvalue weighted by Gasteiger charge is -2.26. The lowest BCUT2D eigenvalue weighted by atomic mass is 10.1. The van der Waals surface area contributed by atoms with E-state index in [1.807, 2.05) is 0 Å². The highest BCUT2D eigenvalue weighted by Gasteiger charge is 2.58. The van der Waals surface area contributed by atoms with Gasteiger partial charge in [0.05, 0.1) is 33.0 Å². The molecule has 10 aromatic heterocycles. The minimum atomic E-state index is -6.11. The number of nitrogens with two attached hydrogens (primary N) is 5. The summed E-state index contributed by atoms with van der Waals surface area (Å²) in [6.45, 7) is -6.26. The number of fused-ring (bicyclic) bond motifs is 5. The molecule has 124 heavy (non-hydrogen) atoms. The first-order valence-electron chi connectivity index (χ1n) is 34.1. The topological polar surface area (TPSA) is 898 Å². The van der Waals surface area contributed by atoms with Crippen molar-refractivity contribution in [2.45, 2.75) is 123 Å². The lowest BCUT2D eigenvalue weighted by molar-refractivity contribution is -0.0671. The van der Waals surface area contributed by atoms with Crippen LogP contribution in [0.2, 0.25) is 0 Å². The van der Waals surface area contributed by atoms with Crippen molar-refractivity contribution in [1.82, 2.24) is 97.6 Å². The monoisotopic (exact) mass is 2210 g/mol. The van der Waals surface area contributed by atoms with Crippen LogP contribution in [0.1, 0.15) is 31.1 Å². The van der Waals surface area contributed by atoms with Gasteiger partial charge in [0.2, 0.25) is 0 Å². The summed E-state index contributed by atoms with van der Waals surface area (Å²) in [5.74, 6) is -1.02. The van der Waals surface area contributed by atoms with E-state index in [0.29, 0.717) is 0 Å². The van der Waals surface area contributed by atoms with Gasteiger partial charge in [0.15, 0.2) is 140 Å². The molecule has 676 valence electrons. The second kappa shape index (κ2) is 35.4. The summed E-state index contributed by atoms with van der Waals surface area (Å²) in [6.07, 6.45) is -35.7. The number of nitrogens with zero attached hydrogens (tertiary/aromatic N) is 20. The molecule has 0 aromatic carbocycles. The summed E-state index contributed by atoms with van der Waals surface area (Å²) in [5, 5.41) is 70.4. The Morgan fingerprint density at radius 3 is 0.742 bits per heavy atom. The zero-order valence-corrected chi connectivity index (χ0v) is 74.7. The average molecular weight is 2220 g/mol. The molecule has 5 saturated heterocycles. The fourth-order valence-electron chi connectivity index (χ4n) is 13.3. The van der Waals surface area contributed by atoms with E-state index >= 15 is 0 Å². The van der Waals surface area contributed by atoms with E-state index < -0.39 is 210 Å². The smallest absolute Gasteiger partial charge is 0.387 e. The summed E-state index contributed by atoms with van der Waals surface area (Å²) in [7, 11) is -41.1. The maximum atomic E-state index is 14.6. The van der Waals surface area contributed by atoms with Gasteiger partial charge in [0.1, 0.15) is 123 Å². The standard InChI is InChI=1S/C50H59Br5N25O37P7/c51-46-71-16-31(56)61-6-66-36(16)76(46)41-26(86)21(81)11(107-41)1-102-119(90,91)112-27-22(82)12(108-42(27)77-37-17(72-47(77)52)32(57)62-7-67-37)2-103-120(92,93)113-28-23(83)13(109-43(28)78-38-18(73-48(78)53)33(58)63-8-68-38)3-104-121(94,95)114-29-24(84)14(110-44(29)79-39-19(74-49(79)54)34(59)64-9-69-39)4-105-122(96,97)115-30-25(85)15(5-106-123(98,99)117-124(100,101)116-118(87,88)89)111-45(30)80-40-20(75-50(80)55)35(60)65-10-70-40/h6-15,21-30,41-45,81-86H,1-5H2,(H,90,91)(H,92,93)(H,94,95)(H,96,97)(H,98,99)(H,100,101)(H2,56,61,66)(H2,57,62,67)(H2,58,63,68)(H2,59,64,69)(H2,60,65,70)(H2,87,88,89)/t11-,12-,13-,14-,15-,21-,22-,23-,24-,25-,26-,27-,28-,29-,30-,41-,42-,43-,44-,45-/m1/s1. The van der Waals surface area contributed by atoms with Gasteiger partial charge < -0.3 is 122 Å². The van der Waals surface area contributed by atoms with Crippen molar-refractivity contribution in [2.75, 3.05) is 61.7 Å². The van der Waals surface area contributed by atoms with Crippen LogP contribution in [0, 0.1) is 0 Å². The number of phosphoric acid groups is 7. The molecule has 0 amide bonds. The van der Waals surface area contributed by atoms with Gasteiger partial charge in [0.25, 0.3) is 0 Å². The second-order valence-corrected chi connectivity index (χ2v) is 40.0. The Hall–Kier alpha value is -5.44. The summed E-state index contributed by atoms with van der Waals surface area (Å²) < 4.78 is 184. The molecule has 0 radical (unpaired) electrons. The molecule has 10 aromatic rings. The number of rotatable bonds is 32. The number of ether oxygens (including phenoxy) is 5. The predicted molar refractivity (Wildman–Crippen MR) is 415 cm³/mol. The van der Waals surface area contributed by atoms with E-state index in [1.54, 1.807) is 0 Å². The van der Waals surface area contributed by atoms with Crippen molar-refractivity contribution in [2.24, 2.45) is 0 Å². The summed E-state index contributed by atoms with van der Waals surface area (Å²) in [4.78, 5) is 146. The van der Waals surface area contributed by atoms with Crippen molar-refractivity contribution < 1.29 is 175 Å². The minimum Gasteiger partial charge on any atom is -0.387 e. The predicted octanol–water partition coefficient (Wildman–Crippen LogP) is -1.09. The number of imidazole rings is 5. The average Bonchev–Trinajstić information content (AvgIpc) is 1.60. The highest BCUT2D eigenvalue weighted by molar-refractivity contribution is 9.11. The van der Waals surface area contributed by atoms with E-state index in [9.17, 15) is 92.0 Å². The van der Waals surface area contributed by atoms with Crippen LogP contribution in [0.25, 0.3) is 55.8 Å². The first kappa shape index (κ1) is 93.2. The summed E-state index contributed by atoms with van der Waals surface area (Å²) in [6, 6.07) is 0. The van der Waals surface area contributed by atoms with Gasteiger partial charge in [-0.1, -0.05) is 0 Å². The number of hydrogen-bond acceptors (Lipinski definition) is 49. The van der Waals surface area contributed by atoms with Crippen LogP contribution in [0.15, 0.2) is 55.3 Å². The van der Waals surface area contributed by atoms with E-state index in [1.165, 1.54) is 4.57 Å². The van der Waals surface area contributed by atoms with E-state index in [0.717, 1.165) is 49.9 Å². The molecule has 0 bridgehead atoms. The molecule has 5 fully saturated rings. The Balaban J connectivity index is 0.651. The van der Waals surface area contributed by atoms with Gasteiger partial charge in [0, 0.05) is 0 Å². The number of anilines is 5. The number of hydrogen-bond donors (Lipinski definition) is 19. The molecule has 5 aliphatic rings. The molecule has 26 atom stereocenters. The fraction of sp³-hybridized carbons (Fsp3) is 0.500. The molecular formula is C50H59Br5N25O37P7. The molecule has 15 heterocycles. The Morgan fingerprint density at radius 2 is 0.508 bits per heavy atom. The van der Waals surface area contributed by atoms with Gasteiger partial charge in [-0.2, -0.15) is 8.62 Å². The lowest BCUT2D eigenvalue weighted by Crippen LogP contribution is -2.37. The number of halogens is 5. The summed E-state index contributed by atoms with van der Waals surface area (Å²) in [5.41, 5.74) is 29.0. The molecular weight excluding hydrogens is 2160 g/mol. The number of aliphatic hydroxyl groups is 6. The first-order chi connectivity index (χ1) is 58.1. The van der Waals surface area contributed by atoms with E-state index in [2.05, 4.69) is 168 Å². The molecule has 5 aliphatic heterocycles. The highest BCUT2D eigenvalue weighted by Crippen LogP contribution is 2.67.